The number of rotatable bonds is 2. The van der Waals surface area contributed by atoms with Gasteiger partial charge in [-0.2, -0.15) is 0 Å². The van der Waals surface area contributed by atoms with E-state index in [0.29, 0.717) is 0 Å². The van der Waals surface area contributed by atoms with Gasteiger partial charge in [-0.15, -0.1) is 12.6 Å². The number of aryl methyl sites for hydroxylation is 1. The molecule has 80 valence electrons. The molecule has 1 nitrogen and oxygen atoms in total. The number of thiol groups is 1. The molecule has 2 rings (SSSR count). The molecule has 0 fully saturated rings. The minimum absolute atomic E-state index is 0.896. The van der Waals surface area contributed by atoms with Crippen molar-refractivity contribution in [2.75, 3.05) is 0 Å². The van der Waals surface area contributed by atoms with Crippen molar-refractivity contribution in [3.63, 3.8) is 0 Å². The maximum Gasteiger partial charge on any atom is 0.0763 e. The van der Waals surface area contributed by atoms with E-state index < -0.39 is 0 Å². The molecule has 2 aromatic carbocycles. The van der Waals surface area contributed by atoms with E-state index in [4.69, 9.17) is 0 Å². The van der Waals surface area contributed by atoms with Crippen LogP contribution in [0.4, 0.5) is 5.69 Å². The van der Waals surface area contributed by atoms with Crippen LogP contribution in [0.15, 0.2) is 58.4 Å². The zero-order valence-electron chi connectivity index (χ0n) is 9.09. The van der Waals surface area contributed by atoms with Gasteiger partial charge in [-0.1, -0.05) is 36.4 Å². The second-order valence-electron chi connectivity index (χ2n) is 3.60. The Labute approximate surface area is 101 Å². The van der Waals surface area contributed by atoms with Crippen molar-refractivity contribution in [3.8, 4) is 0 Å². The Kier molecular flexibility index (Phi) is 3.42. The molecule has 16 heavy (non-hydrogen) atoms. The van der Waals surface area contributed by atoms with Gasteiger partial charge in [0, 0.05) is 11.1 Å². The second-order valence-corrected chi connectivity index (χ2v) is 4.09. The molecule has 0 spiro atoms. The molecule has 2 heteroatoms. The molecular formula is C14H13NS. The van der Waals surface area contributed by atoms with Gasteiger partial charge in [0.05, 0.1) is 5.69 Å². The van der Waals surface area contributed by atoms with Crippen LogP contribution < -0.4 is 0 Å². The maximum atomic E-state index is 4.44. The Morgan fingerprint density at radius 3 is 2.44 bits per heavy atom. The summed E-state index contributed by atoms with van der Waals surface area (Å²) in [4.78, 5) is 5.33. The summed E-state index contributed by atoms with van der Waals surface area (Å²) in [5, 5.41) is 0. The number of aliphatic imine (C=N–C) groups is 1. The van der Waals surface area contributed by atoms with Crippen LogP contribution in [0.25, 0.3) is 0 Å². The van der Waals surface area contributed by atoms with Gasteiger partial charge in [-0.05, 0) is 30.2 Å². The minimum Gasteiger partial charge on any atom is -0.255 e. The van der Waals surface area contributed by atoms with Crippen LogP contribution in [0.5, 0.6) is 0 Å². The van der Waals surface area contributed by atoms with Gasteiger partial charge in [-0.25, -0.2) is 0 Å². The van der Waals surface area contributed by atoms with Gasteiger partial charge in [0.1, 0.15) is 0 Å². The highest BCUT2D eigenvalue weighted by Crippen LogP contribution is 2.21. The van der Waals surface area contributed by atoms with Crippen LogP contribution in [-0.2, 0) is 0 Å². The van der Waals surface area contributed by atoms with Crippen LogP contribution >= 0.6 is 12.6 Å². The third-order valence-electron chi connectivity index (χ3n) is 2.41. The number of hydrogen-bond acceptors (Lipinski definition) is 2. The first-order chi connectivity index (χ1) is 7.77. The number of hydrogen-bond donors (Lipinski definition) is 1. The zero-order chi connectivity index (χ0) is 11.4. The Balaban J connectivity index is 2.29. The second kappa shape index (κ2) is 4.99. The highest BCUT2D eigenvalue weighted by molar-refractivity contribution is 7.80. The summed E-state index contributed by atoms with van der Waals surface area (Å²) < 4.78 is 0. The number of nitrogens with zero attached hydrogens (tertiary/aromatic N) is 1. The molecular weight excluding hydrogens is 214 g/mol. The number of para-hydroxylation sites is 1. The SMILES string of the molecule is Cc1ccccc1C=Nc1ccccc1S. The molecule has 2 aromatic rings. The zero-order valence-corrected chi connectivity index (χ0v) is 9.99. The molecule has 0 N–H and O–H groups in total. The Hall–Kier alpha value is -1.54. The lowest BCUT2D eigenvalue weighted by Gasteiger charge is -2.00. The Morgan fingerprint density at radius 1 is 1.00 bits per heavy atom. The highest BCUT2D eigenvalue weighted by Gasteiger charge is 1.95. The average Bonchev–Trinajstić information content (AvgIpc) is 2.30. The largest absolute Gasteiger partial charge is 0.255 e. The van der Waals surface area contributed by atoms with Gasteiger partial charge in [-0.3, -0.25) is 4.99 Å². The quantitative estimate of drug-likeness (QED) is 0.587. The molecule has 0 aliphatic carbocycles. The Morgan fingerprint density at radius 2 is 1.69 bits per heavy atom. The third-order valence-corrected chi connectivity index (χ3v) is 2.79. The van der Waals surface area contributed by atoms with Crippen LogP contribution in [0.3, 0.4) is 0 Å². The summed E-state index contributed by atoms with van der Waals surface area (Å²) >= 11 is 4.36. The molecule has 0 bridgehead atoms. The van der Waals surface area contributed by atoms with Crippen molar-refractivity contribution in [3.05, 3.63) is 59.7 Å². The van der Waals surface area contributed by atoms with E-state index in [9.17, 15) is 0 Å². The van der Waals surface area contributed by atoms with Gasteiger partial charge in [0.25, 0.3) is 0 Å². The van der Waals surface area contributed by atoms with Crippen molar-refractivity contribution < 1.29 is 0 Å². The fourth-order valence-electron chi connectivity index (χ4n) is 1.44. The highest BCUT2D eigenvalue weighted by atomic mass is 32.1. The van der Waals surface area contributed by atoms with E-state index in [-0.39, 0.29) is 0 Å². The fraction of sp³-hybridized carbons (Fsp3) is 0.0714. The van der Waals surface area contributed by atoms with E-state index in [1.54, 1.807) is 0 Å². The standard InChI is InChI=1S/C14H13NS/c1-11-6-2-3-7-12(11)10-15-13-8-4-5-9-14(13)16/h2-10,16H,1H3. The summed E-state index contributed by atoms with van der Waals surface area (Å²) in [5.41, 5.74) is 3.26. The van der Waals surface area contributed by atoms with Gasteiger partial charge in [0.2, 0.25) is 0 Å². The van der Waals surface area contributed by atoms with E-state index >= 15 is 0 Å². The summed E-state index contributed by atoms with van der Waals surface area (Å²) in [5.74, 6) is 0. The first kappa shape index (κ1) is 11.0. The predicted octanol–water partition coefficient (Wildman–Crippen LogP) is 4.03. The molecule has 0 radical (unpaired) electrons. The lowest BCUT2D eigenvalue weighted by atomic mass is 10.1. The molecule has 0 atom stereocenters. The van der Waals surface area contributed by atoms with Crippen molar-refractivity contribution in [2.45, 2.75) is 11.8 Å². The van der Waals surface area contributed by atoms with Crippen LogP contribution in [-0.4, -0.2) is 6.21 Å². The maximum absolute atomic E-state index is 4.44. The molecule has 0 aromatic heterocycles. The molecule has 0 heterocycles. The van der Waals surface area contributed by atoms with Crippen molar-refractivity contribution in [1.82, 2.24) is 0 Å². The molecule has 0 aliphatic heterocycles. The van der Waals surface area contributed by atoms with E-state index in [2.05, 4.69) is 36.7 Å². The summed E-state index contributed by atoms with van der Waals surface area (Å²) in [7, 11) is 0. The predicted molar refractivity (Wildman–Crippen MR) is 72.1 cm³/mol. The first-order valence-electron chi connectivity index (χ1n) is 5.15. The lowest BCUT2D eigenvalue weighted by Crippen LogP contribution is -1.84. The summed E-state index contributed by atoms with van der Waals surface area (Å²) in [6.07, 6.45) is 1.88. The minimum atomic E-state index is 0.896. The molecule has 0 saturated heterocycles. The van der Waals surface area contributed by atoms with E-state index in [0.717, 1.165) is 16.1 Å². The van der Waals surface area contributed by atoms with Crippen LogP contribution in [0, 0.1) is 6.92 Å². The van der Waals surface area contributed by atoms with Crippen molar-refractivity contribution in [2.24, 2.45) is 4.99 Å². The van der Waals surface area contributed by atoms with Gasteiger partial charge < -0.3 is 0 Å². The molecule has 0 amide bonds. The molecule has 0 unspecified atom stereocenters. The fourth-order valence-corrected chi connectivity index (χ4v) is 1.66. The molecule has 0 aliphatic rings. The normalized spacial score (nSPS) is 10.9. The van der Waals surface area contributed by atoms with Crippen molar-refractivity contribution in [1.29, 1.82) is 0 Å². The monoisotopic (exact) mass is 227 g/mol. The molecule has 0 saturated carbocycles. The first-order valence-corrected chi connectivity index (χ1v) is 5.60. The van der Waals surface area contributed by atoms with Crippen molar-refractivity contribution >= 4 is 24.5 Å². The smallest absolute Gasteiger partial charge is 0.0763 e. The van der Waals surface area contributed by atoms with E-state index in [1.807, 2.05) is 42.6 Å². The summed E-state index contributed by atoms with van der Waals surface area (Å²) in [6, 6.07) is 16.0. The number of benzene rings is 2. The van der Waals surface area contributed by atoms with Gasteiger partial charge in [0.15, 0.2) is 0 Å². The lowest BCUT2D eigenvalue weighted by molar-refractivity contribution is 1.38. The van der Waals surface area contributed by atoms with Gasteiger partial charge >= 0.3 is 0 Å². The average molecular weight is 227 g/mol. The van der Waals surface area contributed by atoms with Crippen LogP contribution in [0.1, 0.15) is 11.1 Å². The van der Waals surface area contributed by atoms with Crippen LogP contribution in [0.2, 0.25) is 0 Å². The third kappa shape index (κ3) is 2.52. The Bertz CT molecular complexity index is 470. The van der Waals surface area contributed by atoms with E-state index in [1.165, 1.54) is 5.56 Å². The topological polar surface area (TPSA) is 12.4 Å². The summed E-state index contributed by atoms with van der Waals surface area (Å²) in [6.45, 7) is 2.08.